The Balaban J connectivity index is 1.78. The van der Waals surface area contributed by atoms with Crippen LogP contribution in [0.15, 0.2) is 0 Å². The molecular weight excluding hydrogens is 285 g/mol. The van der Waals surface area contributed by atoms with E-state index in [1.165, 1.54) is 0 Å². The highest BCUT2D eigenvalue weighted by molar-refractivity contribution is 5.82. The van der Waals surface area contributed by atoms with Gasteiger partial charge >= 0.3 is 6.18 Å². The minimum atomic E-state index is -4.17. The topological polar surface area (TPSA) is 41.6 Å². The van der Waals surface area contributed by atoms with E-state index in [4.69, 9.17) is 4.74 Å². The molecule has 2 unspecified atom stereocenters. The van der Waals surface area contributed by atoms with E-state index in [1.54, 1.807) is 4.90 Å². The first-order chi connectivity index (χ1) is 9.91. The van der Waals surface area contributed by atoms with Gasteiger partial charge in [-0.15, -0.1) is 0 Å². The van der Waals surface area contributed by atoms with Crippen molar-refractivity contribution in [1.82, 2.24) is 10.2 Å². The quantitative estimate of drug-likeness (QED) is 0.866. The summed E-state index contributed by atoms with van der Waals surface area (Å²) in [5, 5.41) is 2.77. The van der Waals surface area contributed by atoms with Crippen molar-refractivity contribution in [3.8, 4) is 0 Å². The van der Waals surface area contributed by atoms with Crippen LogP contribution in [0.3, 0.4) is 0 Å². The number of ether oxygens (including phenoxy) is 1. The van der Waals surface area contributed by atoms with Gasteiger partial charge in [-0.25, -0.2) is 0 Å². The Hall–Kier alpha value is -0.820. The fraction of sp³-hybridized carbons (Fsp3) is 0.929. The van der Waals surface area contributed by atoms with E-state index >= 15 is 0 Å². The van der Waals surface area contributed by atoms with Gasteiger partial charge < -0.3 is 15.0 Å². The van der Waals surface area contributed by atoms with E-state index in [0.29, 0.717) is 19.7 Å². The molecule has 0 aliphatic carbocycles. The number of hydrogen-bond donors (Lipinski definition) is 1. The van der Waals surface area contributed by atoms with Crippen LogP contribution >= 0.6 is 0 Å². The third-order valence-corrected chi connectivity index (χ3v) is 4.33. The summed E-state index contributed by atoms with van der Waals surface area (Å²) in [6, 6.07) is -0.466. The highest BCUT2D eigenvalue weighted by Gasteiger charge is 2.43. The van der Waals surface area contributed by atoms with Gasteiger partial charge in [0.15, 0.2) is 0 Å². The predicted molar refractivity (Wildman–Crippen MR) is 71.8 cm³/mol. The van der Waals surface area contributed by atoms with E-state index in [9.17, 15) is 18.0 Å². The molecule has 0 aromatic heterocycles. The molecule has 0 radical (unpaired) electrons. The Labute approximate surface area is 123 Å². The molecule has 4 nitrogen and oxygen atoms in total. The highest BCUT2D eigenvalue weighted by atomic mass is 19.4. The number of alkyl halides is 3. The molecule has 0 aromatic carbocycles. The minimum Gasteiger partial charge on any atom is -0.378 e. The van der Waals surface area contributed by atoms with E-state index < -0.39 is 18.1 Å². The summed E-state index contributed by atoms with van der Waals surface area (Å²) in [4.78, 5) is 14.1. The van der Waals surface area contributed by atoms with Gasteiger partial charge in [0.25, 0.3) is 0 Å². The Kier molecular flexibility index (Phi) is 5.48. The number of amides is 1. The second kappa shape index (κ2) is 6.96. The fourth-order valence-electron chi connectivity index (χ4n) is 3.05. The largest absolute Gasteiger partial charge is 0.393 e. The van der Waals surface area contributed by atoms with E-state index in [0.717, 1.165) is 12.8 Å². The molecule has 0 bridgehead atoms. The SMILES string of the molecule is CCOC1CCN(C(=O)C2CCC(C(F)(F)F)CN2)CC1. The number of rotatable bonds is 3. The average Bonchev–Trinajstić information content (AvgIpc) is 2.47. The van der Waals surface area contributed by atoms with Crippen molar-refractivity contribution in [2.75, 3.05) is 26.2 Å². The lowest BCUT2D eigenvalue weighted by Gasteiger charge is -2.37. The molecule has 1 N–H and O–H groups in total. The number of halogens is 3. The molecule has 2 heterocycles. The van der Waals surface area contributed by atoms with Crippen LogP contribution in [0.4, 0.5) is 13.2 Å². The number of nitrogens with one attached hydrogen (secondary N) is 1. The van der Waals surface area contributed by atoms with Crippen molar-refractivity contribution in [1.29, 1.82) is 0 Å². The number of carbonyl (C=O) groups excluding carboxylic acids is 1. The van der Waals surface area contributed by atoms with E-state index in [-0.39, 0.29) is 31.4 Å². The number of piperidine rings is 2. The molecular formula is C14H23F3N2O2. The summed E-state index contributed by atoms with van der Waals surface area (Å²) in [6.45, 7) is 3.71. The maximum Gasteiger partial charge on any atom is 0.393 e. The average molecular weight is 308 g/mol. The Morgan fingerprint density at radius 1 is 1.24 bits per heavy atom. The van der Waals surface area contributed by atoms with Gasteiger partial charge in [-0.05, 0) is 32.6 Å². The lowest BCUT2D eigenvalue weighted by molar-refractivity contribution is -0.181. The maximum atomic E-state index is 12.6. The second-order valence-electron chi connectivity index (χ2n) is 5.76. The van der Waals surface area contributed by atoms with Crippen molar-refractivity contribution in [3.63, 3.8) is 0 Å². The number of carbonyl (C=O) groups is 1. The standard InChI is InChI=1S/C14H23F3N2O2/c1-2-21-11-5-7-19(8-6-11)13(20)12-4-3-10(9-18-12)14(15,16)17/h10-12,18H,2-9H2,1H3. The zero-order valence-corrected chi connectivity index (χ0v) is 12.3. The van der Waals surface area contributed by atoms with Gasteiger partial charge in [-0.2, -0.15) is 13.2 Å². The molecule has 21 heavy (non-hydrogen) atoms. The summed E-state index contributed by atoms with van der Waals surface area (Å²) in [5.41, 5.74) is 0. The van der Waals surface area contributed by atoms with Crippen LogP contribution < -0.4 is 5.32 Å². The molecule has 2 saturated heterocycles. The maximum absolute atomic E-state index is 12.6. The van der Waals surface area contributed by atoms with Crippen molar-refractivity contribution in [3.05, 3.63) is 0 Å². The van der Waals surface area contributed by atoms with Crippen LogP contribution in [0, 0.1) is 5.92 Å². The van der Waals surface area contributed by atoms with E-state index in [2.05, 4.69) is 5.32 Å². The zero-order valence-electron chi connectivity index (χ0n) is 12.3. The molecule has 0 aromatic rings. The monoisotopic (exact) mass is 308 g/mol. The number of nitrogens with zero attached hydrogens (tertiary/aromatic N) is 1. The number of hydrogen-bond acceptors (Lipinski definition) is 3. The van der Waals surface area contributed by atoms with Crippen molar-refractivity contribution in [2.24, 2.45) is 5.92 Å². The van der Waals surface area contributed by atoms with Gasteiger partial charge in [0, 0.05) is 26.2 Å². The molecule has 2 rings (SSSR count). The molecule has 2 aliphatic heterocycles. The van der Waals surface area contributed by atoms with Gasteiger partial charge in [-0.1, -0.05) is 0 Å². The Bertz CT molecular complexity index is 347. The highest BCUT2D eigenvalue weighted by Crippen LogP contribution is 2.32. The van der Waals surface area contributed by atoms with Crippen LogP contribution in [-0.2, 0) is 9.53 Å². The van der Waals surface area contributed by atoms with Gasteiger partial charge in [0.05, 0.1) is 18.1 Å². The molecule has 7 heteroatoms. The number of likely N-dealkylation sites (tertiary alicyclic amines) is 1. The lowest BCUT2D eigenvalue weighted by Crippen LogP contribution is -2.54. The molecule has 122 valence electrons. The van der Waals surface area contributed by atoms with Gasteiger partial charge in [0.2, 0.25) is 5.91 Å². The zero-order chi connectivity index (χ0) is 15.5. The van der Waals surface area contributed by atoms with Crippen LogP contribution in [0.2, 0.25) is 0 Å². The normalized spacial score (nSPS) is 28.7. The molecule has 0 spiro atoms. The van der Waals surface area contributed by atoms with Crippen LogP contribution in [-0.4, -0.2) is 55.4 Å². The molecule has 2 atom stereocenters. The van der Waals surface area contributed by atoms with Crippen LogP contribution in [0.1, 0.15) is 32.6 Å². The first-order valence-electron chi connectivity index (χ1n) is 7.62. The molecule has 2 fully saturated rings. The Morgan fingerprint density at radius 3 is 2.38 bits per heavy atom. The van der Waals surface area contributed by atoms with Crippen LogP contribution in [0.5, 0.6) is 0 Å². The molecule has 2 aliphatic rings. The third kappa shape index (κ3) is 4.32. The van der Waals surface area contributed by atoms with Gasteiger partial charge in [0.1, 0.15) is 0 Å². The summed E-state index contributed by atoms with van der Waals surface area (Å²) >= 11 is 0. The predicted octanol–water partition coefficient (Wildman–Crippen LogP) is 1.94. The van der Waals surface area contributed by atoms with E-state index in [1.807, 2.05) is 6.92 Å². The summed E-state index contributed by atoms with van der Waals surface area (Å²) in [6.07, 6.45) is -2.07. The third-order valence-electron chi connectivity index (χ3n) is 4.33. The van der Waals surface area contributed by atoms with Crippen LogP contribution in [0.25, 0.3) is 0 Å². The summed E-state index contributed by atoms with van der Waals surface area (Å²) in [7, 11) is 0. The smallest absolute Gasteiger partial charge is 0.378 e. The van der Waals surface area contributed by atoms with Gasteiger partial charge in [-0.3, -0.25) is 4.79 Å². The van der Waals surface area contributed by atoms with Crippen molar-refractivity contribution < 1.29 is 22.7 Å². The minimum absolute atomic E-state index is 0.0301. The first kappa shape index (κ1) is 16.5. The molecule has 0 saturated carbocycles. The van der Waals surface area contributed by atoms with Crippen molar-refractivity contribution >= 4 is 5.91 Å². The molecule has 1 amide bonds. The lowest BCUT2D eigenvalue weighted by atomic mass is 9.93. The first-order valence-corrected chi connectivity index (χ1v) is 7.62. The second-order valence-corrected chi connectivity index (χ2v) is 5.76. The fourth-order valence-corrected chi connectivity index (χ4v) is 3.05. The Morgan fingerprint density at radius 2 is 1.90 bits per heavy atom. The summed E-state index contributed by atoms with van der Waals surface area (Å²) in [5.74, 6) is -1.39. The van der Waals surface area contributed by atoms with Crippen molar-refractivity contribution in [2.45, 2.75) is 50.9 Å². The summed E-state index contributed by atoms with van der Waals surface area (Å²) < 4.78 is 43.3.